The molecule has 0 unspecified atom stereocenters. The Labute approximate surface area is 127 Å². The van der Waals surface area contributed by atoms with E-state index in [1.807, 2.05) is 65.0 Å². The van der Waals surface area contributed by atoms with Crippen LogP contribution >= 0.6 is 0 Å². The molecule has 0 spiro atoms. The fraction of sp³-hybridized carbons (Fsp3) is 0.444. The van der Waals surface area contributed by atoms with Gasteiger partial charge in [0, 0.05) is 12.1 Å². The summed E-state index contributed by atoms with van der Waals surface area (Å²) in [5.74, 6) is -0.374. The molecule has 114 valence electrons. The van der Waals surface area contributed by atoms with Crippen molar-refractivity contribution < 1.29 is 9.59 Å². The summed E-state index contributed by atoms with van der Waals surface area (Å²) in [7, 11) is 0. The van der Waals surface area contributed by atoms with Crippen LogP contribution in [0.2, 0.25) is 0 Å². The number of carbonyl (C=O) groups is 2. The number of nitrogens with zero attached hydrogens (tertiary/aromatic N) is 1. The molecule has 0 saturated heterocycles. The van der Waals surface area contributed by atoms with Gasteiger partial charge in [-0.1, -0.05) is 30.3 Å². The SMILES string of the molecule is CC(=O)/C(C(=O)N(C(C)C)C(C)C)=C(\C)c1ccccc1. The van der Waals surface area contributed by atoms with Crippen molar-refractivity contribution in [3.05, 3.63) is 41.5 Å². The summed E-state index contributed by atoms with van der Waals surface area (Å²) in [5, 5.41) is 0. The highest BCUT2D eigenvalue weighted by molar-refractivity contribution is 6.23. The molecule has 0 radical (unpaired) electrons. The van der Waals surface area contributed by atoms with Gasteiger partial charge >= 0.3 is 0 Å². The maximum atomic E-state index is 12.8. The van der Waals surface area contributed by atoms with Gasteiger partial charge in [0.05, 0.1) is 5.57 Å². The molecule has 0 aliphatic carbocycles. The van der Waals surface area contributed by atoms with Gasteiger partial charge in [0.1, 0.15) is 0 Å². The number of ketones is 1. The predicted molar refractivity (Wildman–Crippen MR) is 86.8 cm³/mol. The van der Waals surface area contributed by atoms with Gasteiger partial charge in [-0.3, -0.25) is 9.59 Å². The minimum Gasteiger partial charge on any atom is -0.334 e. The fourth-order valence-electron chi connectivity index (χ4n) is 2.60. The molecule has 0 aliphatic heterocycles. The second-order valence-electron chi connectivity index (χ2n) is 5.82. The van der Waals surface area contributed by atoms with Gasteiger partial charge in [0.2, 0.25) is 0 Å². The molecule has 0 aromatic heterocycles. The number of rotatable bonds is 5. The second kappa shape index (κ2) is 7.21. The van der Waals surface area contributed by atoms with Crippen LogP contribution in [0.3, 0.4) is 0 Å². The van der Waals surface area contributed by atoms with Crippen molar-refractivity contribution in [3.63, 3.8) is 0 Å². The molecule has 3 heteroatoms. The summed E-state index contributed by atoms with van der Waals surface area (Å²) in [6.07, 6.45) is 0. The number of carbonyl (C=O) groups excluding carboxylic acids is 2. The highest BCUT2D eigenvalue weighted by atomic mass is 16.2. The van der Waals surface area contributed by atoms with E-state index in [0.717, 1.165) is 11.1 Å². The number of benzene rings is 1. The molecule has 0 saturated carbocycles. The molecular weight excluding hydrogens is 262 g/mol. The third-order valence-corrected chi connectivity index (χ3v) is 3.49. The minimum atomic E-state index is -0.187. The van der Waals surface area contributed by atoms with Gasteiger partial charge in [-0.15, -0.1) is 0 Å². The molecule has 0 atom stereocenters. The van der Waals surface area contributed by atoms with Crippen LogP contribution in [0.15, 0.2) is 35.9 Å². The minimum absolute atomic E-state index is 0.0513. The highest BCUT2D eigenvalue weighted by Crippen LogP contribution is 2.22. The number of hydrogen-bond donors (Lipinski definition) is 0. The Morgan fingerprint density at radius 2 is 1.38 bits per heavy atom. The first-order valence-electron chi connectivity index (χ1n) is 7.37. The number of allylic oxidation sites excluding steroid dienone is 1. The van der Waals surface area contributed by atoms with E-state index in [2.05, 4.69) is 0 Å². The molecule has 0 bridgehead atoms. The molecule has 0 N–H and O–H groups in total. The Balaban J connectivity index is 3.36. The summed E-state index contributed by atoms with van der Waals surface area (Å²) < 4.78 is 0. The van der Waals surface area contributed by atoms with Crippen LogP contribution < -0.4 is 0 Å². The third-order valence-electron chi connectivity index (χ3n) is 3.49. The van der Waals surface area contributed by atoms with Crippen molar-refractivity contribution in [1.29, 1.82) is 0 Å². The zero-order chi connectivity index (χ0) is 16.2. The smallest absolute Gasteiger partial charge is 0.258 e. The van der Waals surface area contributed by atoms with E-state index in [1.165, 1.54) is 6.92 Å². The van der Waals surface area contributed by atoms with E-state index in [-0.39, 0.29) is 29.3 Å². The standard InChI is InChI=1S/C18H25NO2/c1-12(2)19(13(3)4)18(21)17(15(6)20)14(5)16-10-8-7-9-11-16/h7-13H,1-6H3/b17-14-. The van der Waals surface area contributed by atoms with E-state index >= 15 is 0 Å². The van der Waals surface area contributed by atoms with Gasteiger partial charge in [0.25, 0.3) is 5.91 Å². The summed E-state index contributed by atoms with van der Waals surface area (Å²) in [6, 6.07) is 9.67. The summed E-state index contributed by atoms with van der Waals surface area (Å²) in [6.45, 7) is 11.2. The maximum absolute atomic E-state index is 12.8. The second-order valence-corrected chi connectivity index (χ2v) is 5.82. The molecule has 1 rings (SSSR count). The summed E-state index contributed by atoms with van der Waals surface area (Å²) in [4.78, 5) is 26.6. The van der Waals surface area contributed by atoms with Crippen molar-refractivity contribution >= 4 is 17.3 Å². The number of hydrogen-bond acceptors (Lipinski definition) is 2. The molecule has 0 aliphatic rings. The van der Waals surface area contributed by atoms with Crippen LogP contribution in [-0.4, -0.2) is 28.7 Å². The lowest BCUT2D eigenvalue weighted by Gasteiger charge is -2.31. The average molecular weight is 287 g/mol. The van der Waals surface area contributed by atoms with Crippen molar-refractivity contribution in [2.24, 2.45) is 0 Å². The van der Waals surface area contributed by atoms with Crippen LogP contribution in [0, 0.1) is 0 Å². The van der Waals surface area contributed by atoms with E-state index < -0.39 is 0 Å². The Morgan fingerprint density at radius 1 is 0.905 bits per heavy atom. The van der Waals surface area contributed by atoms with Crippen LogP contribution in [0.1, 0.15) is 47.1 Å². The van der Waals surface area contributed by atoms with E-state index in [4.69, 9.17) is 0 Å². The lowest BCUT2D eigenvalue weighted by Crippen LogP contribution is -2.44. The van der Waals surface area contributed by atoms with E-state index in [1.54, 1.807) is 4.90 Å². The lowest BCUT2D eigenvalue weighted by atomic mass is 9.97. The Morgan fingerprint density at radius 3 is 1.76 bits per heavy atom. The predicted octanol–water partition coefficient (Wildman–Crippen LogP) is 3.69. The average Bonchev–Trinajstić information content (AvgIpc) is 2.38. The van der Waals surface area contributed by atoms with Crippen molar-refractivity contribution in [2.75, 3.05) is 0 Å². The summed E-state index contributed by atoms with van der Waals surface area (Å²) >= 11 is 0. The maximum Gasteiger partial charge on any atom is 0.258 e. The first-order valence-corrected chi connectivity index (χ1v) is 7.37. The monoisotopic (exact) mass is 287 g/mol. The molecule has 1 aromatic carbocycles. The van der Waals surface area contributed by atoms with Gasteiger partial charge in [-0.2, -0.15) is 0 Å². The first-order chi connectivity index (χ1) is 9.77. The largest absolute Gasteiger partial charge is 0.334 e. The Hall–Kier alpha value is -1.90. The zero-order valence-electron chi connectivity index (χ0n) is 13.8. The number of Topliss-reactive ketones (excluding diaryl/α,β-unsaturated/α-hetero) is 1. The van der Waals surface area contributed by atoms with Gasteiger partial charge in [-0.05, 0) is 52.7 Å². The molecule has 21 heavy (non-hydrogen) atoms. The van der Waals surface area contributed by atoms with E-state index in [0.29, 0.717) is 0 Å². The van der Waals surface area contributed by atoms with Crippen molar-refractivity contribution in [3.8, 4) is 0 Å². The lowest BCUT2D eigenvalue weighted by molar-refractivity contribution is -0.132. The topological polar surface area (TPSA) is 37.4 Å². The van der Waals surface area contributed by atoms with E-state index in [9.17, 15) is 9.59 Å². The normalized spacial score (nSPS) is 12.4. The molecular formula is C18H25NO2. The first kappa shape index (κ1) is 17.2. The zero-order valence-corrected chi connectivity index (χ0v) is 13.8. The molecule has 1 aromatic rings. The molecule has 3 nitrogen and oxygen atoms in total. The highest BCUT2D eigenvalue weighted by Gasteiger charge is 2.27. The summed E-state index contributed by atoms with van der Waals surface area (Å²) in [5.41, 5.74) is 1.92. The quantitative estimate of drug-likeness (QED) is 0.470. The van der Waals surface area contributed by atoms with Crippen LogP contribution in [-0.2, 0) is 9.59 Å². The fourth-order valence-corrected chi connectivity index (χ4v) is 2.60. The van der Waals surface area contributed by atoms with Gasteiger partial charge in [0.15, 0.2) is 5.78 Å². The van der Waals surface area contributed by atoms with Gasteiger partial charge < -0.3 is 4.90 Å². The van der Waals surface area contributed by atoms with Gasteiger partial charge in [-0.25, -0.2) is 0 Å². The van der Waals surface area contributed by atoms with Crippen molar-refractivity contribution in [2.45, 2.75) is 53.6 Å². The van der Waals surface area contributed by atoms with Crippen molar-refractivity contribution in [1.82, 2.24) is 4.90 Å². The van der Waals surface area contributed by atoms with Crippen LogP contribution in [0.5, 0.6) is 0 Å². The van der Waals surface area contributed by atoms with Crippen LogP contribution in [0.25, 0.3) is 5.57 Å². The Bertz CT molecular complexity index is 534. The third kappa shape index (κ3) is 4.03. The number of amides is 1. The molecule has 0 fully saturated rings. The van der Waals surface area contributed by atoms with Crippen LogP contribution in [0.4, 0.5) is 0 Å². The molecule has 0 heterocycles. The Kier molecular flexibility index (Phi) is 5.89. The molecule has 1 amide bonds.